The monoisotopic (exact) mass is 777 g/mol. The summed E-state index contributed by atoms with van der Waals surface area (Å²) in [4.78, 5) is 12.2. The van der Waals surface area contributed by atoms with E-state index < -0.39 is 48.0 Å². The van der Waals surface area contributed by atoms with E-state index in [1.165, 1.54) is 18.2 Å². The van der Waals surface area contributed by atoms with Crippen molar-refractivity contribution in [1.82, 2.24) is 9.62 Å². The molecule has 13 nitrogen and oxygen atoms in total. The number of sulfonamides is 1. The van der Waals surface area contributed by atoms with E-state index in [0.717, 1.165) is 4.31 Å². The van der Waals surface area contributed by atoms with Crippen LogP contribution in [0.4, 0.5) is 4.79 Å². The molecular weight excluding hydrogens is 733 g/mol. The number of hydrogen-bond acceptors (Lipinski definition) is 10. The van der Waals surface area contributed by atoms with Crippen LogP contribution in [0.25, 0.3) is 0 Å². The van der Waals surface area contributed by atoms with Crippen molar-refractivity contribution in [3.63, 3.8) is 0 Å². The quantitative estimate of drug-likeness (QED) is 0.0849. The largest absolute Gasteiger partial charge is 0.475 e. The highest BCUT2D eigenvalue weighted by molar-refractivity contribution is 7.89. The van der Waals surface area contributed by atoms with Crippen molar-refractivity contribution in [2.75, 3.05) is 19.9 Å². The highest BCUT2D eigenvalue weighted by Gasteiger charge is 2.41. The minimum Gasteiger partial charge on any atom is -0.465 e. The molecule has 0 saturated carbocycles. The maximum atomic E-state index is 14.8. The molecule has 0 bridgehead atoms. The van der Waals surface area contributed by atoms with Crippen LogP contribution in [0, 0.1) is 16.7 Å². The van der Waals surface area contributed by atoms with E-state index in [2.05, 4.69) is 11.4 Å². The first-order valence-electron chi connectivity index (χ1n) is 17.3. The summed E-state index contributed by atoms with van der Waals surface area (Å²) in [7, 11) is -8.99. The summed E-state index contributed by atoms with van der Waals surface area (Å²) in [6, 6.07) is 32.0. The normalized spacial score (nSPS) is 14.0. The molecule has 2 atom stereocenters. The number of ether oxygens (including phenoxy) is 2. The fraction of sp³-hybridized carbons (Fsp3) is 0.333. The minimum atomic E-state index is -4.60. The van der Waals surface area contributed by atoms with Crippen molar-refractivity contribution >= 4 is 23.9 Å². The lowest BCUT2D eigenvalue weighted by molar-refractivity contribution is 0.0415. The van der Waals surface area contributed by atoms with Gasteiger partial charge < -0.3 is 19.9 Å². The van der Waals surface area contributed by atoms with Gasteiger partial charge in [-0.15, -0.1) is 0 Å². The smallest absolute Gasteiger partial charge is 0.465 e. The lowest BCUT2D eigenvalue weighted by Gasteiger charge is -2.37. The Morgan fingerprint density at radius 2 is 1.46 bits per heavy atom. The number of phosphoric acid groups is 1. The van der Waals surface area contributed by atoms with Crippen LogP contribution in [-0.4, -0.2) is 56.0 Å². The summed E-state index contributed by atoms with van der Waals surface area (Å²) < 4.78 is 74.3. The molecule has 0 aliphatic carbocycles. The van der Waals surface area contributed by atoms with E-state index in [0.29, 0.717) is 28.9 Å². The molecule has 0 aromatic heterocycles. The van der Waals surface area contributed by atoms with Crippen molar-refractivity contribution in [3.05, 3.63) is 126 Å². The van der Waals surface area contributed by atoms with Gasteiger partial charge in [-0.2, -0.15) is 9.57 Å². The van der Waals surface area contributed by atoms with Gasteiger partial charge in [0.1, 0.15) is 6.10 Å². The first-order valence-corrected chi connectivity index (χ1v) is 20.2. The maximum Gasteiger partial charge on any atom is 0.475 e. The van der Waals surface area contributed by atoms with Crippen molar-refractivity contribution in [1.29, 1.82) is 5.26 Å². The number of carboxylic acid groups (broad SMARTS) is 1. The molecule has 15 heteroatoms. The molecule has 54 heavy (non-hydrogen) atoms. The molecule has 0 unspecified atom stereocenters. The number of fused-ring (bicyclic) bond motifs is 1. The topological polar surface area (TPSA) is 174 Å². The number of amides is 1. The fourth-order valence-electron chi connectivity index (χ4n) is 5.84. The molecule has 286 valence electrons. The van der Waals surface area contributed by atoms with Crippen LogP contribution < -0.4 is 14.8 Å². The summed E-state index contributed by atoms with van der Waals surface area (Å²) in [5.74, 6) is 0.631. The zero-order chi connectivity index (χ0) is 38.6. The van der Waals surface area contributed by atoms with Crippen molar-refractivity contribution in [2.24, 2.45) is 5.41 Å². The summed E-state index contributed by atoms with van der Waals surface area (Å²) >= 11 is 0. The second kappa shape index (κ2) is 18.5. The number of nitrogens with zero attached hydrogens (tertiary/aromatic N) is 2. The third kappa shape index (κ3) is 11.6. The Morgan fingerprint density at radius 1 is 0.907 bits per heavy atom. The first-order chi connectivity index (χ1) is 25.9. The summed E-state index contributed by atoms with van der Waals surface area (Å²) in [5, 5.41) is 21.9. The Balaban J connectivity index is 1.58. The van der Waals surface area contributed by atoms with Crippen LogP contribution in [0.3, 0.4) is 0 Å². The average Bonchev–Trinajstić information content (AvgIpc) is 3.64. The number of nitriles is 1. The second-order valence-electron chi connectivity index (χ2n) is 13.5. The van der Waals surface area contributed by atoms with Crippen LogP contribution in [0.2, 0.25) is 0 Å². The highest BCUT2D eigenvalue weighted by Crippen LogP contribution is 2.53. The summed E-state index contributed by atoms with van der Waals surface area (Å²) in [6.07, 6.45) is -2.30. The standard InChI is InChI=1S/C39H44N3O10PS/c1-39(2,21-12-22-40)28-42(54(46,47)33-19-20-35-36(24-33)49-29-48-35)25-37(34(41-38(43)44)23-30-13-6-3-7-14-30)52-53(45,50-26-31-15-8-4-9-16-31)51-27-32-17-10-5-11-18-32/h3-11,13-20,24,34,37,41H,12,21,23,25-29H2,1-2H3,(H,43,44)/t34-,37+/m0/s1. The fourth-order valence-corrected chi connectivity index (χ4v) is 8.85. The Bertz CT molecular complexity index is 1980. The molecule has 1 amide bonds. The molecule has 2 N–H and O–H groups in total. The van der Waals surface area contributed by atoms with Gasteiger partial charge in [0.15, 0.2) is 11.5 Å². The van der Waals surface area contributed by atoms with Gasteiger partial charge in [-0.1, -0.05) is 105 Å². The van der Waals surface area contributed by atoms with Gasteiger partial charge in [0.2, 0.25) is 16.8 Å². The molecule has 5 rings (SSSR count). The molecule has 1 aliphatic rings. The van der Waals surface area contributed by atoms with E-state index in [9.17, 15) is 28.1 Å². The van der Waals surface area contributed by atoms with Gasteiger partial charge in [0.25, 0.3) is 0 Å². The van der Waals surface area contributed by atoms with Gasteiger partial charge in [0.05, 0.1) is 30.2 Å². The molecule has 1 aliphatic heterocycles. The van der Waals surface area contributed by atoms with Crippen LogP contribution >= 0.6 is 7.82 Å². The number of nitrogens with one attached hydrogen (secondary N) is 1. The van der Waals surface area contributed by atoms with Crippen LogP contribution in [0.15, 0.2) is 114 Å². The molecule has 4 aromatic carbocycles. The number of hydrogen-bond donors (Lipinski definition) is 2. The lowest BCUT2D eigenvalue weighted by atomic mass is 9.88. The zero-order valence-electron chi connectivity index (χ0n) is 30.1. The van der Waals surface area contributed by atoms with Crippen LogP contribution in [0.1, 0.15) is 43.4 Å². The van der Waals surface area contributed by atoms with E-state index in [-0.39, 0.29) is 50.0 Å². The molecule has 0 fully saturated rings. The Hall–Kier alpha value is -4.74. The molecule has 0 saturated heterocycles. The third-order valence-electron chi connectivity index (χ3n) is 8.67. The molecule has 0 radical (unpaired) electrons. The first kappa shape index (κ1) is 40.4. The Morgan fingerprint density at radius 3 is 2.02 bits per heavy atom. The Kier molecular flexibility index (Phi) is 13.9. The predicted octanol–water partition coefficient (Wildman–Crippen LogP) is 7.54. The number of phosphoric ester groups is 1. The van der Waals surface area contributed by atoms with Gasteiger partial charge in [0, 0.05) is 25.6 Å². The van der Waals surface area contributed by atoms with E-state index >= 15 is 0 Å². The lowest BCUT2D eigenvalue weighted by Crippen LogP contribution is -2.52. The van der Waals surface area contributed by atoms with E-state index in [4.69, 9.17) is 23.0 Å². The van der Waals surface area contributed by atoms with Crippen LogP contribution in [-0.2, 0) is 47.8 Å². The molecular formula is C39H44N3O10PS. The summed E-state index contributed by atoms with van der Waals surface area (Å²) in [6.45, 7) is 2.62. The van der Waals surface area contributed by atoms with Crippen LogP contribution in [0.5, 0.6) is 11.5 Å². The highest BCUT2D eigenvalue weighted by atomic mass is 32.2. The zero-order valence-corrected chi connectivity index (χ0v) is 31.8. The maximum absolute atomic E-state index is 14.8. The van der Waals surface area contributed by atoms with Crippen molar-refractivity contribution in [2.45, 2.75) is 63.4 Å². The second-order valence-corrected chi connectivity index (χ2v) is 17.0. The molecule has 1 heterocycles. The Labute approximate surface area is 316 Å². The third-order valence-corrected chi connectivity index (χ3v) is 11.9. The van der Waals surface area contributed by atoms with E-state index in [1.54, 1.807) is 72.8 Å². The van der Waals surface area contributed by atoms with Gasteiger partial charge in [-0.25, -0.2) is 17.8 Å². The van der Waals surface area contributed by atoms with Crippen molar-refractivity contribution in [3.8, 4) is 17.6 Å². The number of rotatable bonds is 20. The van der Waals surface area contributed by atoms with Crippen molar-refractivity contribution < 1.29 is 45.9 Å². The average molecular weight is 778 g/mol. The number of carbonyl (C=O) groups is 1. The predicted molar refractivity (Wildman–Crippen MR) is 200 cm³/mol. The van der Waals surface area contributed by atoms with Gasteiger partial charge >= 0.3 is 13.9 Å². The van der Waals surface area contributed by atoms with E-state index in [1.807, 2.05) is 32.0 Å². The summed E-state index contributed by atoms with van der Waals surface area (Å²) in [5.41, 5.74) is 1.29. The minimum absolute atomic E-state index is 0.0327. The number of benzene rings is 4. The molecule has 0 spiro atoms. The SMILES string of the molecule is CC(C)(CCC#N)CN(C[C@@H](OP(=O)(OCc1ccccc1)OCc1ccccc1)[C@H](Cc1ccccc1)NC(=O)O)S(=O)(=O)c1ccc2c(c1)OCO2. The van der Waals surface area contributed by atoms with Gasteiger partial charge in [-0.3, -0.25) is 13.6 Å². The molecule has 4 aromatic rings. The van der Waals surface area contributed by atoms with Gasteiger partial charge in [-0.05, 0) is 47.1 Å².